The standard InChI is InChI=1S/C28H42O5/c1-5-19-33-28(32)14-8-11-25(21(2)3)27(31)13-6-9-22(4)26(30)12-7-10-23-15-17-24(20-29)18-16-23/h5,15-18,21-22,25,29H,1,6-14,19-20H2,2-4H3. The van der Waals surface area contributed by atoms with Crippen molar-refractivity contribution in [1.82, 2.24) is 0 Å². The average Bonchev–Trinajstić information content (AvgIpc) is 2.80. The third-order valence-corrected chi connectivity index (χ3v) is 6.18. The van der Waals surface area contributed by atoms with Crippen LogP contribution in [0.25, 0.3) is 0 Å². The summed E-state index contributed by atoms with van der Waals surface area (Å²) in [7, 11) is 0. The molecule has 1 aromatic rings. The molecule has 33 heavy (non-hydrogen) atoms. The SMILES string of the molecule is C=CCOC(=O)CCCC(C(=O)CCCC(C)C(=O)CCCc1ccc(CO)cc1)C(C)C. The fourth-order valence-electron chi connectivity index (χ4n) is 4.01. The van der Waals surface area contributed by atoms with E-state index in [4.69, 9.17) is 9.84 Å². The number of benzene rings is 1. The smallest absolute Gasteiger partial charge is 0.306 e. The van der Waals surface area contributed by atoms with Gasteiger partial charge in [0.2, 0.25) is 0 Å². The van der Waals surface area contributed by atoms with Gasteiger partial charge in [0.1, 0.15) is 18.2 Å². The molecular weight excluding hydrogens is 416 g/mol. The maximum Gasteiger partial charge on any atom is 0.306 e. The predicted octanol–water partition coefficient (Wildman–Crippen LogP) is 5.62. The third kappa shape index (κ3) is 12.0. The number of Topliss-reactive ketones (excluding diaryl/α,β-unsaturated/α-hetero) is 2. The average molecular weight is 459 g/mol. The number of aliphatic hydroxyl groups excluding tert-OH is 1. The first-order valence-electron chi connectivity index (χ1n) is 12.3. The maximum absolute atomic E-state index is 12.7. The van der Waals surface area contributed by atoms with Crippen LogP contribution in [0.2, 0.25) is 0 Å². The molecule has 0 aliphatic heterocycles. The van der Waals surface area contributed by atoms with Gasteiger partial charge in [-0.15, -0.1) is 0 Å². The molecule has 0 amide bonds. The van der Waals surface area contributed by atoms with Gasteiger partial charge in [0, 0.05) is 31.1 Å². The Balaban J connectivity index is 2.30. The van der Waals surface area contributed by atoms with Crippen molar-refractivity contribution >= 4 is 17.5 Å². The zero-order valence-corrected chi connectivity index (χ0v) is 20.7. The van der Waals surface area contributed by atoms with Crippen LogP contribution in [0.3, 0.4) is 0 Å². The van der Waals surface area contributed by atoms with Crippen LogP contribution in [0.4, 0.5) is 0 Å². The minimum absolute atomic E-state index is 0.0355. The van der Waals surface area contributed by atoms with Crippen LogP contribution in [0.5, 0.6) is 0 Å². The number of aryl methyl sites for hydroxylation is 1. The lowest BCUT2D eigenvalue weighted by Gasteiger charge is -2.20. The Labute approximate surface area is 199 Å². The highest BCUT2D eigenvalue weighted by Crippen LogP contribution is 2.23. The van der Waals surface area contributed by atoms with Gasteiger partial charge in [0.15, 0.2) is 0 Å². The molecule has 0 fully saturated rings. The summed E-state index contributed by atoms with van der Waals surface area (Å²) in [5.74, 6) is 0.377. The summed E-state index contributed by atoms with van der Waals surface area (Å²) in [5.41, 5.74) is 2.07. The number of hydrogen-bond acceptors (Lipinski definition) is 5. The fourth-order valence-corrected chi connectivity index (χ4v) is 4.01. The first-order chi connectivity index (χ1) is 15.8. The van der Waals surface area contributed by atoms with Gasteiger partial charge in [-0.25, -0.2) is 0 Å². The van der Waals surface area contributed by atoms with Gasteiger partial charge in [-0.05, 0) is 55.6 Å². The normalized spacial score (nSPS) is 12.9. The number of rotatable bonds is 18. The van der Waals surface area contributed by atoms with E-state index in [0.717, 1.165) is 31.2 Å². The molecule has 5 nitrogen and oxygen atoms in total. The van der Waals surface area contributed by atoms with Crippen LogP contribution in [-0.2, 0) is 32.1 Å². The van der Waals surface area contributed by atoms with Gasteiger partial charge in [-0.2, -0.15) is 0 Å². The Kier molecular flexibility index (Phi) is 14.3. The molecule has 1 N–H and O–H groups in total. The molecule has 0 heterocycles. The number of aliphatic hydroxyl groups is 1. The monoisotopic (exact) mass is 458 g/mol. The number of hydrogen-bond donors (Lipinski definition) is 1. The lowest BCUT2D eigenvalue weighted by molar-refractivity contribution is -0.142. The van der Waals surface area contributed by atoms with E-state index in [0.29, 0.717) is 32.1 Å². The van der Waals surface area contributed by atoms with Crippen LogP contribution in [0.15, 0.2) is 36.9 Å². The highest BCUT2D eigenvalue weighted by Gasteiger charge is 2.22. The molecule has 0 saturated carbocycles. The second-order valence-electron chi connectivity index (χ2n) is 9.27. The zero-order valence-electron chi connectivity index (χ0n) is 20.7. The van der Waals surface area contributed by atoms with E-state index >= 15 is 0 Å². The lowest BCUT2D eigenvalue weighted by Crippen LogP contribution is -2.21. The number of esters is 1. The van der Waals surface area contributed by atoms with Gasteiger partial charge < -0.3 is 9.84 Å². The van der Waals surface area contributed by atoms with E-state index in [-0.39, 0.29) is 48.5 Å². The van der Waals surface area contributed by atoms with Gasteiger partial charge in [0.05, 0.1) is 6.61 Å². The van der Waals surface area contributed by atoms with Crippen LogP contribution in [-0.4, -0.2) is 29.2 Å². The molecule has 1 aromatic carbocycles. The van der Waals surface area contributed by atoms with Crippen molar-refractivity contribution in [3.63, 3.8) is 0 Å². The molecule has 0 saturated heterocycles. The van der Waals surface area contributed by atoms with Gasteiger partial charge in [-0.1, -0.05) is 57.7 Å². The van der Waals surface area contributed by atoms with Crippen molar-refractivity contribution in [3.8, 4) is 0 Å². The second-order valence-corrected chi connectivity index (χ2v) is 9.27. The Morgan fingerprint density at radius 2 is 1.52 bits per heavy atom. The van der Waals surface area contributed by atoms with Crippen molar-refractivity contribution in [3.05, 3.63) is 48.0 Å². The Bertz CT molecular complexity index is 735. The maximum atomic E-state index is 12.7. The molecule has 1 rings (SSSR count). The molecule has 2 atom stereocenters. The molecule has 0 aromatic heterocycles. The van der Waals surface area contributed by atoms with Crippen LogP contribution in [0, 0.1) is 17.8 Å². The number of ketones is 2. The summed E-state index contributed by atoms with van der Waals surface area (Å²) in [6.07, 6.45) is 7.34. The van der Waals surface area contributed by atoms with Gasteiger partial charge in [0.25, 0.3) is 0 Å². The lowest BCUT2D eigenvalue weighted by atomic mass is 9.84. The van der Waals surface area contributed by atoms with Crippen molar-refractivity contribution in [2.75, 3.05) is 6.61 Å². The summed E-state index contributed by atoms with van der Waals surface area (Å²) < 4.78 is 4.99. The summed E-state index contributed by atoms with van der Waals surface area (Å²) in [4.78, 5) is 36.8. The van der Waals surface area contributed by atoms with E-state index in [2.05, 4.69) is 6.58 Å². The quantitative estimate of drug-likeness (QED) is 0.228. The summed E-state index contributed by atoms with van der Waals surface area (Å²) in [6, 6.07) is 7.83. The molecule has 0 aliphatic rings. The van der Waals surface area contributed by atoms with E-state index in [1.54, 1.807) is 6.08 Å². The Morgan fingerprint density at radius 3 is 2.12 bits per heavy atom. The summed E-state index contributed by atoms with van der Waals surface area (Å²) >= 11 is 0. The number of carbonyl (C=O) groups excluding carboxylic acids is 3. The summed E-state index contributed by atoms with van der Waals surface area (Å²) in [5, 5.41) is 9.10. The van der Waals surface area contributed by atoms with E-state index in [9.17, 15) is 14.4 Å². The van der Waals surface area contributed by atoms with Crippen LogP contribution < -0.4 is 0 Å². The fraction of sp³-hybridized carbons (Fsp3) is 0.607. The molecule has 184 valence electrons. The first kappa shape index (κ1) is 28.8. The molecule has 0 spiro atoms. The summed E-state index contributed by atoms with van der Waals surface area (Å²) in [6.45, 7) is 9.83. The zero-order chi connectivity index (χ0) is 24.6. The predicted molar refractivity (Wildman–Crippen MR) is 132 cm³/mol. The molecule has 0 aliphatic carbocycles. The minimum atomic E-state index is -0.251. The van der Waals surface area contributed by atoms with Crippen LogP contribution >= 0.6 is 0 Å². The largest absolute Gasteiger partial charge is 0.461 e. The molecular formula is C28H42O5. The third-order valence-electron chi connectivity index (χ3n) is 6.18. The van der Waals surface area contributed by atoms with Gasteiger partial charge in [-0.3, -0.25) is 14.4 Å². The molecule has 2 unspecified atom stereocenters. The van der Waals surface area contributed by atoms with Gasteiger partial charge >= 0.3 is 5.97 Å². The molecule has 0 bridgehead atoms. The van der Waals surface area contributed by atoms with E-state index in [1.807, 2.05) is 45.0 Å². The van der Waals surface area contributed by atoms with E-state index in [1.165, 1.54) is 5.56 Å². The first-order valence-corrected chi connectivity index (χ1v) is 12.3. The minimum Gasteiger partial charge on any atom is -0.461 e. The highest BCUT2D eigenvalue weighted by atomic mass is 16.5. The second kappa shape index (κ2) is 16.4. The Morgan fingerprint density at radius 1 is 0.909 bits per heavy atom. The topological polar surface area (TPSA) is 80.7 Å². The van der Waals surface area contributed by atoms with Crippen LogP contribution in [0.1, 0.15) is 83.3 Å². The number of carbonyl (C=O) groups is 3. The molecule has 0 radical (unpaired) electrons. The number of ether oxygens (including phenoxy) is 1. The van der Waals surface area contributed by atoms with Crippen molar-refractivity contribution in [2.45, 2.75) is 85.2 Å². The Hall–Kier alpha value is -2.27. The van der Waals surface area contributed by atoms with Crippen molar-refractivity contribution in [2.24, 2.45) is 17.8 Å². The van der Waals surface area contributed by atoms with Crippen molar-refractivity contribution < 1.29 is 24.2 Å². The highest BCUT2D eigenvalue weighted by molar-refractivity contribution is 5.82. The molecule has 5 heteroatoms. The van der Waals surface area contributed by atoms with E-state index < -0.39 is 0 Å². The van der Waals surface area contributed by atoms with Crippen molar-refractivity contribution in [1.29, 1.82) is 0 Å².